The lowest BCUT2D eigenvalue weighted by Crippen LogP contribution is -2.53. The van der Waals surface area contributed by atoms with Crippen LogP contribution in [0, 0.1) is 0 Å². The number of amides is 2. The summed E-state index contributed by atoms with van der Waals surface area (Å²) < 4.78 is 5.50. The molecule has 1 aromatic carbocycles. The van der Waals surface area contributed by atoms with Gasteiger partial charge in [-0.3, -0.25) is 9.59 Å². The molecule has 2 fully saturated rings. The van der Waals surface area contributed by atoms with Crippen LogP contribution in [0.2, 0.25) is 0 Å². The molecular formula is C19H28ClN3O3. The Kier molecular flexibility index (Phi) is 7.87. The summed E-state index contributed by atoms with van der Waals surface area (Å²) in [7, 11) is 0. The predicted octanol–water partition coefficient (Wildman–Crippen LogP) is 2.44. The normalized spacial score (nSPS) is 23.5. The van der Waals surface area contributed by atoms with E-state index in [4.69, 9.17) is 4.74 Å². The zero-order valence-electron chi connectivity index (χ0n) is 15.2. The molecule has 2 amide bonds. The molecule has 1 aromatic rings. The monoisotopic (exact) mass is 381 g/mol. The number of carbonyl (C=O) groups is 2. The van der Waals surface area contributed by atoms with Gasteiger partial charge in [-0.25, -0.2) is 0 Å². The summed E-state index contributed by atoms with van der Waals surface area (Å²) in [6, 6.07) is 6.80. The molecule has 6 nitrogen and oxygen atoms in total. The van der Waals surface area contributed by atoms with E-state index >= 15 is 0 Å². The fraction of sp³-hybridized carbons (Fsp3) is 0.579. The van der Waals surface area contributed by atoms with Crippen molar-refractivity contribution in [1.82, 2.24) is 10.2 Å². The van der Waals surface area contributed by atoms with Gasteiger partial charge < -0.3 is 20.3 Å². The molecule has 26 heavy (non-hydrogen) atoms. The van der Waals surface area contributed by atoms with E-state index in [1.165, 1.54) is 12.8 Å². The number of carbonyl (C=O) groups excluding carboxylic acids is 2. The average molecular weight is 382 g/mol. The summed E-state index contributed by atoms with van der Waals surface area (Å²) in [6.07, 6.45) is 4.40. The Morgan fingerprint density at radius 1 is 1.12 bits per heavy atom. The molecule has 3 rings (SSSR count). The lowest BCUT2D eigenvalue weighted by atomic mass is 10.1. The average Bonchev–Trinajstić information content (AvgIpc) is 2.91. The third-order valence-corrected chi connectivity index (χ3v) is 4.89. The second-order valence-electron chi connectivity index (χ2n) is 6.78. The van der Waals surface area contributed by atoms with Crippen molar-refractivity contribution in [2.24, 2.45) is 0 Å². The number of rotatable bonds is 3. The molecule has 0 spiro atoms. The highest BCUT2D eigenvalue weighted by Crippen LogP contribution is 2.16. The minimum atomic E-state index is -0.354. The lowest BCUT2D eigenvalue weighted by Gasteiger charge is -2.29. The van der Waals surface area contributed by atoms with Gasteiger partial charge in [0.05, 0.1) is 12.7 Å². The summed E-state index contributed by atoms with van der Waals surface area (Å²) >= 11 is 0. The van der Waals surface area contributed by atoms with Gasteiger partial charge in [0.1, 0.15) is 6.04 Å². The van der Waals surface area contributed by atoms with Crippen LogP contribution in [0.25, 0.3) is 0 Å². The van der Waals surface area contributed by atoms with Crippen LogP contribution in [0.3, 0.4) is 0 Å². The fourth-order valence-electron chi connectivity index (χ4n) is 3.40. The zero-order valence-corrected chi connectivity index (χ0v) is 16.0. The smallest absolute Gasteiger partial charge is 0.253 e. The molecule has 144 valence electrons. The minimum Gasteiger partial charge on any atom is -0.375 e. The van der Waals surface area contributed by atoms with E-state index in [0.29, 0.717) is 24.4 Å². The van der Waals surface area contributed by atoms with Crippen LogP contribution in [-0.4, -0.2) is 55.1 Å². The molecule has 0 saturated carbocycles. The van der Waals surface area contributed by atoms with Gasteiger partial charge in [-0.2, -0.15) is 0 Å². The number of anilines is 1. The van der Waals surface area contributed by atoms with Gasteiger partial charge in [0, 0.05) is 30.9 Å². The number of nitrogens with one attached hydrogen (secondary N) is 2. The molecule has 2 heterocycles. The molecule has 2 aliphatic heterocycles. The van der Waals surface area contributed by atoms with Crippen molar-refractivity contribution in [2.75, 3.05) is 31.6 Å². The van der Waals surface area contributed by atoms with Gasteiger partial charge in [0.25, 0.3) is 5.91 Å². The number of benzene rings is 1. The fourth-order valence-corrected chi connectivity index (χ4v) is 3.40. The molecule has 0 radical (unpaired) electrons. The molecule has 2 saturated heterocycles. The largest absolute Gasteiger partial charge is 0.375 e. The third kappa shape index (κ3) is 5.19. The van der Waals surface area contributed by atoms with Gasteiger partial charge in [0.15, 0.2) is 0 Å². The second-order valence-corrected chi connectivity index (χ2v) is 6.78. The van der Waals surface area contributed by atoms with Crippen molar-refractivity contribution in [3.05, 3.63) is 29.8 Å². The van der Waals surface area contributed by atoms with Crippen LogP contribution in [0.4, 0.5) is 5.69 Å². The van der Waals surface area contributed by atoms with Crippen molar-refractivity contribution in [2.45, 2.75) is 44.8 Å². The molecule has 0 aliphatic carbocycles. The van der Waals surface area contributed by atoms with Crippen molar-refractivity contribution in [3.63, 3.8) is 0 Å². The molecule has 2 atom stereocenters. The van der Waals surface area contributed by atoms with Crippen LogP contribution in [-0.2, 0) is 9.53 Å². The summed E-state index contributed by atoms with van der Waals surface area (Å²) in [5, 5.41) is 6.06. The molecular weight excluding hydrogens is 354 g/mol. The third-order valence-electron chi connectivity index (χ3n) is 4.89. The lowest BCUT2D eigenvalue weighted by molar-refractivity contribution is -0.123. The number of nitrogens with zero attached hydrogens (tertiary/aromatic N) is 1. The van der Waals surface area contributed by atoms with Gasteiger partial charge >= 0.3 is 0 Å². The van der Waals surface area contributed by atoms with Crippen molar-refractivity contribution >= 4 is 29.9 Å². The van der Waals surface area contributed by atoms with Crippen LogP contribution < -0.4 is 10.6 Å². The molecule has 0 unspecified atom stereocenters. The Morgan fingerprint density at radius 3 is 2.38 bits per heavy atom. The SMILES string of the molecule is C[C@H]1OCCN[C@@H]1C(=O)Nc1ccc(C(=O)N2CCCCCC2)cc1.Cl. The highest BCUT2D eigenvalue weighted by molar-refractivity contribution is 5.97. The van der Waals surface area contributed by atoms with Gasteiger partial charge in [-0.05, 0) is 44.0 Å². The van der Waals surface area contributed by atoms with E-state index < -0.39 is 0 Å². The van der Waals surface area contributed by atoms with Gasteiger partial charge in [-0.15, -0.1) is 12.4 Å². The van der Waals surface area contributed by atoms with Crippen LogP contribution in [0.5, 0.6) is 0 Å². The van der Waals surface area contributed by atoms with E-state index in [9.17, 15) is 9.59 Å². The van der Waals surface area contributed by atoms with Crippen molar-refractivity contribution in [1.29, 1.82) is 0 Å². The van der Waals surface area contributed by atoms with Crippen molar-refractivity contribution in [3.8, 4) is 0 Å². The van der Waals surface area contributed by atoms with E-state index in [-0.39, 0.29) is 36.4 Å². The maximum absolute atomic E-state index is 12.6. The highest BCUT2D eigenvalue weighted by atomic mass is 35.5. The Bertz CT molecular complexity index is 601. The van der Waals surface area contributed by atoms with E-state index in [0.717, 1.165) is 25.9 Å². The summed E-state index contributed by atoms with van der Waals surface area (Å²) in [6.45, 7) is 4.86. The van der Waals surface area contributed by atoms with E-state index in [1.807, 2.05) is 11.8 Å². The Balaban J connectivity index is 0.00000243. The maximum Gasteiger partial charge on any atom is 0.253 e. The van der Waals surface area contributed by atoms with Crippen LogP contribution in [0.1, 0.15) is 43.0 Å². The number of hydrogen-bond donors (Lipinski definition) is 2. The second kappa shape index (κ2) is 9.90. The molecule has 0 aromatic heterocycles. The van der Waals surface area contributed by atoms with E-state index in [1.54, 1.807) is 24.3 Å². The Hall–Kier alpha value is -1.63. The predicted molar refractivity (Wildman–Crippen MR) is 104 cm³/mol. The molecule has 2 aliphatic rings. The summed E-state index contributed by atoms with van der Waals surface area (Å²) in [5.74, 6) is -0.0328. The Morgan fingerprint density at radius 2 is 1.77 bits per heavy atom. The maximum atomic E-state index is 12.6. The van der Waals surface area contributed by atoms with Crippen LogP contribution >= 0.6 is 12.4 Å². The van der Waals surface area contributed by atoms with E-state index in [2.05, 4.69) is 10.6 Å². The standard InChI is InChI=1S/C19H27N3O3.ClH/c1-14-17(20-10-13-25-14)18(23)21-16-8-6-15(7-9-16)19(24)22-11-4-2-3-5-12-22;/h6-9,14,17,20H,2-5,10-13H2,1H3,(H,21,23);1H/t14-,17+;/m1./s1. The van der Waals surface area contributed by atoms with Gasteiger partial charge in [-0.1, -0.05) is 12.8 Å². The molecule has 2 N–H and O–H groups in total. The highest BCUT2D eigenvalue weighted by Gasteiger charge is 2.28. The number of likely N-dealkylation sites (tertiary alicyclic amines) is 1. The van der Waals surface area contributed by atoms with Crippen molar-refractivity contribution < 1.29 is 14.3 Å². The zero-order chi connectivity index (χ0) is 17.6. The van der Waals surface area contributed by atoms with Crippen LogP contribution in [0.15, 0.2) is 24.3 Å². The summed E-state index contributed by atoms with van der Waals surface area (Å²) in [4.78, 5) is 26.9. The Labute approximate surface area is 161 Å². The first-order valence-corrected chi connectivity index (χ1v) is 9.20. The van der Waals surface area contributed by atoms with Gasteiger partial charge in [0.2, 0.25) is 5.91 Å². The molecule has 0 bridgehead atoms. The first-order valence-electron chi connectivity index (χ1n) is 9.20. The quantitative estimate of drug-likeness (QED) is 0.843. The first kappa shape index (κ1) is 20.7. The topological polar surface area (TPSA) is 70.7 Å². The molecule has 7 heteroatoms. The summed E-state index contributed by atoms with van der Waals surface area (Å²) in [5.41, 5.74) is 1.37. The number of hydrogen-bond acceptors (Lipinski definition) is 4. The number of morpholine rings is 1. The number of halogens is 1. The first-order chi connectivity index (χ1) is 12.1. The number of ether oxygens (including phenoxy) is 1. The minimum absolute atomic E-state index is 0.